The van der Waals surface area contributed by atoms with Gasteiger partial charge in [0.05, 0.1) is 10.4 Å². The van der Waals surface area contributed by atoms with Gasteiger partial charge >= 0.3 is 0 Å². The molecule has 0 aromatic heterocycles. The van der Waals surface area contributed by atoms with Crippen molar-refractivity contribution in [1.82, 2.24) is 9.62 Å². The van der Waals surface area contributed by atoms with Crippen molar-refractivity contribution < 1.29 is 13.2 Å². The van der Waals surface area contributed by atoms with Crippen molar-refractivity contribution in [2.24, 2.45) is 11.7 Å². The lowest BCUT2D eigenvalue weighted by Crippen LogP contribution is -2.55. The van der Waals surface area contributed by atoms with E-state index >= 15 is 0 Å². The van der Waals surface area contributed by atoms with Crippen molar-refractivity contribution in [2.45, 2.75) is 57.9 Å². The summed E-state index contributed by atoms with van der Waals surface area (Å²) in [5.74, 6) is 0.188. The number of benzene rings is 1. The van der Waals surface area contributed by atoms with Crippen LogP contribution < -0.4 is 11.1 Å². The van der Waals surface area contributed by atoms with Crippen LogP contribution in [0.1, 0.15) is 46.6 Å². The number of halogens is 1. The SMILES string of the molecule is CCN(CC)S(=O)(=O)c1ccc(CCC(=O)NC(C)(CN)C(C)C)cc1.Cl. The molecule has 0 aliphatic rings. The Balaban J connectivity index is 0.00000676. The van der Waals surface area contributed by atoms with Crippen LogP contribution in [0.4, 0.5) is 0 Å². The van der Waals surface area contributed by atoms with Gasteiger partial charge < -0.3 is 11.1 Å². The molecule has 1 atom stereocenters. The summed E-state index contributed by atoms with van der Waals surface area (Å²) in [6, 6.07) is 6.76. The summed E-state index contributed by atoms with van der Waals surface area (Å²) in [4.78, 5) is 12.5. The minimum Gasteiger partial charge on any atom is -0.349 e. The molecule has 0 radical (unpaired) electrons. The number of nitrogens with zero attached hydrogens (tertiary/aromatic N) is 1. The molecule has 0 saturated heterocycles. The Morgan fingerprint density at radius 1 is 1.19 bits per heavy atom. The van der Waals surface area contributed by atoms with Crippen molar-refractivity contribution >= 4 is 28.3 Å². The van der Waals surface area contributed by atoms with E-state index in [4.69, 9.17) is 5.73 Å². The van der Waals surface area contributed by atoms with Crippen LogP contribution in [0.25, 0.3) is 0 Å². The summed E-state index contributed by atoms with van der Waals surface area (Å²) in [5, 5.41) is 3.01. The number of sulfonamides is 1. The fraction of sp³-hybridized carbons (Fsp3) is 0.632. The monoisotopic (exact) mass is 419 g/mol. The van der Waals surface area contributed by atoms with Gasteiger partial charge in [0.1, 0.15) is 0 Å². The zero-order chi connectivity index (χ0) is 20.0. The molecule has 0 saturated carbocycles. The normalized spacial score (nSPS) is 13.9. The Morgan fingerprint density at radius 3 is 2.11 bits per heavy atom. The molecular formula is C19H34ClN3O3S. The summed E-state index contributed by atoms with van der Waals surface area (Å²) < 4.78 is 26.4. The number of rotatable bonds is 10. The van der Waals surface area contributed by atoms with Crippen LogP contribution in [0.5, 0.6) is 0 Å². The molecule has 6 nitrogen and oxygen atoms in total. The first-order chi connectivity index (χ1) is 12.1. The lowest BCUT2D eigenvalue weighted by Gasteiger charge is -2.33. The first kappa shape index (κ1) is 25.9. The highest BCUT2D eigenvalue weighted by Crippen LogP contribution is 2.18. The Morgan fingerprint density at radius 2 is 1.70 bits per heavy atom. The Kier molecular flexibility index (Phi) is 10.5. The van der Waals surface area contributed by atoms with E-state index in [1.807, 2.05) is 34.6 Å². The molecule has 0 aliphatic carbocycles. The first-order valence-corrected chi connectivity index (χ1v) is 10.6. The molecule has 156 valence electrons. The van der Waals surface area contributed by atoms with E-state index in [9.17, 15) is 13.2 Å². The van der Waals surface area contributed by atoms with Crippen LogP contribution in [-0.4, -0.2) is 43.8 Å². The van der Waals surface area contributed by atoms with E-state index in [0.29, 0.717) is 32.5 Å². The Bertz CT molecular complexity index is 689. The molecule has 0 fully saturated rings. The predicted molar refractivity (Wildman–Crippen MR) is 113 cm³/mol. The average Bonchev–Trinajstić information content (AvgIpc) is 2.60. The molecule has 0 spiro atoms. The largest absolute Gasteiger partial charge is 0.349 e. The summed E-state index contributed by atoms with van der Waals surface area (Å²) >= 11 is 0. The van der Waals surface area contributed by atoms with Gasteiger partial charge in [-0.1, -0.05) is 39.8 Å². The van der Waals surface area contributed by atoms with Crippen LogP contribution >= 0.6 is 12.4 Å². The predicted octanol–water partition coefficient (Wildman–Crippen LogP) is 2.56. The molecule has 27 heavy (non-hydrogen) atoms. The van der Waals surface area contributed by atoms with Gasteiger partial charge in [-0.15, -0.1) is 12.4 Å². The van der Waals surface area contributed by atoms with Crippen LogP contribution in [-0.2, 0) is 21.2 Å². The zero-order valence-electron chi connectivity index (χ0n) is 17.0. The molecule has 8 heteroatoms. The number of hydrogen-bond acceptors (Lipinski definition) is 4. The fourth-order valence-corrected chi connectivity index (χ4v) is 4.07. The molecule has 1 rings (SSSR count). The number of aryl methyl sites for hydroxylation is 1. The minimum absolute atomic E-state index is 0. The van der Waals surface area contributed by atoms with Gasteiger partial charge in [0.25, 0.3) is 0 Å². The number of hydrogen-bond donors (Lipinski definition) is 2. The van der Waals surface area contributed by atoms with E-state index in [2.05, 4.69) is 5.32 Å². The highest BCUT2D eigenvalue weighted by Gasteiger charge is 2.28. The van der Waals surface area contributed by atoms with Gasteiger partial charge in [-0.3, -0.25) is 4.79 Å². The smallest absolute Gasteiger partial charge is 0.243 e. The van der Waals surface area contributed by atoms with Crippen LogP contribution in [0.3, 0.4) is 0 Å². The molecule has 0 aliphatic heterocycles. The van der Waals surface area contributed by atoms with Gasteiger partial charge in [-0.05, 0) is 37.0 Å². The maximum Gasteiger partial charge on any atom is 0.243 e. The third-order valence-corrected chi connectivity index (χ3v) is 7.09. The number of nitrogens with two attached hydrogens (primary N) is 1. The van der Waals surface area contributed by atoms with Crippen molar-refractivity contribution in [3.05, 3.63) is 29.8 Å². The zero-order valence-corrected chi connectivity index (χ0v) is 18.6. The van der Waals surface area contributed by atoms with Crippen molar-refractivity contribution in [3.8, 4) is 0 Å². The van der Waals surface area contributed by atoms with Crippen LogP contribution in [0.2, 0.25) is 0 Å². The van der Waals surface area contributed by atoms with Crippen LogP contribution in [0.15, 0.2) is 29.2 Å². The van der Waals surface area contributed by atoms with E-state index in [1.54, 1.807) is 24.3 Å². The minimum atomic E-state index is -3.45. The summed E-state index contributed by atoms with van der Waals surface area (Å²) in [7, 11) is -3.45. The highest BCUT2D eigenvalue weighted by atomic mass is 35.5. The van der Waals surface area contributed by atoms with Crippen molar-refractivity contribution in [2.75, 3.05) is 19.6 Å². The van der Waals surface area contributed by atoms with E-state index in [1.165, 1.54) is 4.31 Å². The van der Waals surface area contributed by atoms with Gasteiger partial charge in [0.15, 0.2) is 0 Å². The number of nitrogens with one attached hydrogen (secondary N) is 1. The van der Waals surface area contributed by atoms with Gasteiger partial charge in [-0.2, -0.15) is 4.31 Å². The van der Waals surface area contributed by atoms with Crippen molar-refractivity contribution in [1.29, 1.82) is 0 Å². The maximum atomic E-state index is 12.5. The molecule has 1 unspecified atom stereocenters. The highest BCUT2D eigenvalue weighted by molar-refractivity contribution is 7.89. The summed E-state index contributed by atoms with van der Waals surface area (Å²) in [5.41, 5.74) is 6.30. The molecule has 1 aromatic carbocycles. The van der Waals surface area contributed by atoms with E-state index < -0.39 is 15.6 Å². The Labute approximate surface area is 170 Å². The quantitative estimate of drug-likeness (QED) is 0.609. The van der Waals surface area contributed by atoms with E-state index in [0.717, 1.165) is 5.56 Å². The van der Waals surface area contributed by atoms with Gasteiger partial charge in [0, 0.05) is 26.1 Å². The van der Waals surface area contributed by atoms with Gasteiger partial charge in [0.2, 0.25) is 15.9 Å². The molecule has 3 N–H and O–H groups in total. The lowest BCUT2D eigenvalue weighted by molar-refractivity contribution is -0.123. The molecule has 1 amide bonds. The second kappa shape index (κ2) is 11.0. The Hall–Kier alpha value is -1.15. The van der Waals surface area contributed by atoms with Crippen molar-refractivity contribution in [3.63, 3.8) is 0 Å². The second-order valence-electron chi connectivity index (χ2n) is 7.06. The average molecular weight is 420 g/mol. The topological polar surface area (TPSA) is 92.5 Å². The molecule has 0 heterocycles. The lowest BCUT2D eigenvalue weighted by atomic mass is 9.88. The molecule has 0 bridgehead atoms. The molecule has 1 aromatic rings. The summed E-state index contributed by atoms with van der Waals surface area (Å²) in [6.45, 7) is 10.9. The third-order valence-electron chi connectivity index (χ3n) is 5.03. The number of carbonyl (C=O) groups excluding carboxylic acids is 1. The van der Waals surface area contributed by atoms with Gasteiger partial charge in [-0.25, -0.2) is 8.42 Å². The van der Waals surface area contributed by atoms with E-state index in [-0.39, 0.29) is 29.1 Å². The van der Waals surface area contributed by atoms with Crippen LogP contribution in [0, 0.1) is 5.92 Å². The molecular weight excluding hydrogens is 386 g/mol. The second-order valence-corrected chi connectivity index (χ2v) is 9.00. The fourth-order valence-electron chi connectivity index (χ4n) is 2.61. The standard InChI is InChI=1S/C19H33N3O3S.ClH/c1-6-22(7-2)26(24,25)17-11-8-16(9-12-17)10-13-18(23)21-19(5,14-20)15(3)4;/h8-9,11-12,15H,6-7,10,13-14,20H2,1-5H3,(H,21,23);1H. The third kappa shape index (κ3) is 6.75. The first-order valence-electron chi connectivity index (χ1n) is 9.20. The number of carbonyl (C=O) groups is 1. The number of amides is 1. The summed E-state index contributed by atoms with van der Waals surface area (Å²) in [6.07, 6.45) is 0.890. The maximum absolute atomic E-state index is 12.5.